The molecule has 1 aromatic rings. The van der Waals surface area contributed by atoms with E-state index in [-0.39, 0.29) is 12.1 Å². The molecule has 1 heterocycles. The standard InChI is InChI=1S/C17H27N3O3S/c1-4-5-15-6-8-16(9-7-15)24(22,23)20-12-10-19(11-13-20)17(21)18-14(2)3/h6-9,14H,4-5,10-13H2,1-3H3,(H,18,21). The molecule has 2 rings (SSSR count). The first kappa shape index (κ1) is 18.7. The average Bonchev–Trinajstić information content (AvgIpc) is 2.55. The minimum absolute atomic E-state index is 0.0703. The minimum atomic E-state index is -3.49. The van der Waals surface area contributed by atoms with E-state index in [0.29, 0.717) is 31.1 Å². The number of hydrogen-bond donors (Lipinski definition) is 1. The zero-order chi connectivity index (χ0) is 17.7. The summed E-state index contributed by atoms with van der Waals surface area (Å²) in [4.78, 5) is 14.0. The second-order valence-corrected chi connectivity index (χ2v) is 8.33. The van der Waals surface area contributed by atoms with E-state index in [2.05, 4.69) is 12.2 Å². The first-order valence-corrected chi connectivity index (χ1v) is 9.93. The second-order valence-electron chi connectivity index (χ2n) is 6.39. The van der Waals surface area contributed by atoms with Gasteiger partial charge in [0.05, 0.1) is 4.90 Å². The first-order valence-electron chi connectivity index (χ1n) is 8.49. The number of nitrogens with one attached hydrogen (secondary N) is 1. The van der Waals surface area contributed by atoms with Gasteiger partial charge in [-0.15, -0.1) is 0 Å². The molecular weight excluding hydrogens is 326 g/mol. The van der Waals surface area contributed by atoms with E-state index < -0.39 is 10.0 Å². The maximum atomic E-state index is 12.7. The number of carbonyl (C=O) groups is 1. The summed E-state index contributed by atoms with van der Waals surface area (Å²) < 4.78 is 26.9. The van der Waals surface area contributed by atoms with Crippen molar-refractivity contribution in [3.63, 3.8) is 0 Å². The van der Waals surface area contributed by atoms with Crippen molar-refractivity contribution in [3.8, 4) is 0 Å². The van der Waals surface area contributed by atoms with E-state index in [1.807, 2.05) is 26.0 Å². The Morgan fingerprint density at radius 3 is 2.21 bits per heavy atom. The molecule has 1 fully saturated rings. The van der Waals surface area contributed by atoms with Crippen LogP contribution in [0.15, 0.2) is 29.2 Å². The van der Waals surface area contributed by atoms with E-state index in [9.17, 15) is 13.2 Å². The lowest BCUT2D eigenvalue weighted by Crippen LogP contribution is -2.53. The molecular formula is C17H27N3O3S. The summed E-state index contributed by atoms with van der Waals surface area (Å²) >= 11 is 0. The van der Waals surface area contributed by atoms with Gasteiger partial charge in [0.15, 0.2) is 0 Å². The van der Waals surface area contributed by atoms with Gasteiger partial charge in [0.2, 0.25) is 10.0 Å². The molecule has 0 spiro atoms. The Hall–Kier alpha value is -1.60. The predicted molar refractivity (Wildman–Crippen MR) is 94.4 cm³/mol. The van der Waals surface area contributed by atoms with Gasteiger partial charge in [-0.05, 0) is 38.0 Å². The topological polar surface area (TPSA) is 69.7 Å². The van der Waals surface area contributed by atoms with E-state index >= 15 is 0 Å². The summed E-state index contributed by atoms with van der Waals surface area (Å²) in [6.45, 7) is 7.37. The molecule has 0 aromatic heterocycles. The number of rotatable bonds is 5. The van der Waals surface area contributed by atoms with Gasteiger partial charge in [-0.3, -0.25) is 0 Å². The molecule has 1 aliphatic heterocycles. The van der Waals surface area contributed by atoms with Gasteiger partial charge in [0, 0.05) is 32.2 Å². The molecule has 1 N–H and O–H groups in total. The van der Waals surface area contributed by atoms with Gasteiger partial charge in [0.25, 0.3) is 0 Å². The van der Waals surface area contributed by atoms with Crippen LogP contribution in [-0.4, -0.2) is 55.9 Å². The fourth-order valence-electron chi connectivity index (χ4n) is 2.74. The van der Waals surface area contributed by atoms with Gasteiger partial charge in [-0.1, -0.05) is 25.5 Å². The van der Waals surface area contributed by atoms with Crippen molar-refractivity contribution < 1.29 is 13.2 Å². The van der Waals surface area contributed by atoms with E-state index in [1.165, 1.54) is 4.31 Å². The highest BCUT2D eigenvalue weighted by Gasteiger charge is 2.30. The number of amides is 2. The Morgan fingerprint density at radius 1 is 1.12 bits per heavy atom. The number of aryl methyl sites for hydroxylation is 1. The third kappa shape index (κ3) is 4.48. The van der Waals surface area contributed by atoms with Crippen molar-refractivity contribution in [3.05, 3.63) is 29.8 Å². The largest absolute Gasteiger partial charge is 0.336 e. The third-order valence-electron chi connectivity index (χ3n) is 4.04. The van der Waals surface area contributed by atoms with E-state index in [4.69, 9.17) is 0 Å². The summed E-state index contributed by atoms with van der Waals surface area (Å²) in [6, 6.07) is 7.05. The molecule has 0 radical (unpaired) electrons. The van der Waals surface area contributed by atoms with Crippen molar-refractivity contribution in [2.45, 2.75) is 44.6 Å². The maximum absolute atomic E-state index is 12.7. The van der Waals surface area contributed by atoms with Gasteiger partial charge in [0.1, 0.15) is 0 Å². The van der Waals surface area contributed by atoms with Crippen LogP contribution in [-0.2, 0) is 16.4 Å². The Balaban J connectivity index is 2.00. The Bertz CT molecular complexity index is 648. The number of sulfonamides is 1. The molecule has 134 valence electrons. The van der Waals surface area contributed by atoms with Crippen LogP contribution in [0.4, 0.5) is 4.79 Å². The van der Waals surface area contributed by atoms with Gasteiger partial charge >= 0.3 is 6.03 Å². The van der Waals surface area contributed by atoms with Crippen molar-refractivity contribution in [1.82, 2.24) is 14.5 Å². The molecule has 0 aliphatic carbocycles. The number of carbonyl (C=O) groups excluding carboxylic acids is 1. The molecule has 0 unspecified atom stereocenters. The molecule has 0 saturated carbocycles. The number of hydrogen-bond acceptors (Lipinski definition) is 3. The summed E-state index contributed by atoms with van der Waals surface area (Å²) in [5.41, 5.74) is 1.15. The van der Waals surface area contributed by atoms with Crippen molar-refractivity contribution >= 4 is 16.1 Å². The molecule has 6 nitrogen and oxygen atoms in total. The minimum Gasteiger partial charge on any atom is -0.336 e. The van der Waals surface area contributed by atoms with Crippen LogP contribution in [0.3, 0.4) is 0 Å². The number of piperazine rings is 1. The third-order valence-corrected chi connectivity index (χ3v) is 5.95. The zero-order valence-electron chi connectivity index (χ0n) is 14.7. The van der Waals surface area contributed by atoms with E-state index in [1.54, 1.807) is 17.0 Å². The summed E-state index contributed by atoms with van der Waals surface area (Å²) in [6.07, 6.45) is 1.98. The predicted octanol–water partition coefficient (Wildman–Crippen LogP) is 2.06. The molecule has 7 heteroatoms. The van der Waals surface area contributed by atoms with Crippen molar-refractivity contribution in [2.75, 3.05) is 26.2 Å². The quantitative estimate of drug-likeness (QED) is 0.881. The number of urea groups is 1. The van der Waals surface area contributed by atoms with Crippen LogP contribution in [0.5, 0.6) is 0 Å². The van der Waals surface area contributed by atoms with Gasteiger partial charge in [-0.25, -0.2) is 13.2 Å². The normalized spacial score (nSPS) is 16.4. The van der Waals surface area contributed by atoms with Gasteiger partial charge in [-0.2, -0.15) is 4.31 Å². The Morgan fingerprint density at radius 2 is 1.71 bits per heavy atom. The van der Waals surface area contributed by atoms with Crippen molar-refractivity contribution in [1.29, 1.82) is 0 Å². The fourth-order valence-corrected chi connectivity index (χ4v) is 4.16. The SMILES string of the molecule is CCCc1ccc(S(=O)(=O)N2CCN(C(=O)NC(C)C)CC2)cc1. The van der Waals surface area contributed by atoms with Crippen LogP contribution >= 0.6 is 0 Å². The molecule has 0 atom stereocenters. The monoisotopic (exact) mass is 353 g/mol. The lowest BCUT2D eigenvalue weighted by molar-refractivity contribution is 0.170. The molecule has 1 aliphatic rings. The van der Waals surface area contributed by atoms with Crippen LogP contribution in [0.1, 0.15) is 32.8 Å². The summed E-state index contributed by atoms with van der Waals surface area (Å²) in [7, 11) is -3.49. The lowest BCUT2D eigenvalue weighted by atomic mass is 10.1. The number of nitrogens with zero attached hydrogens (tertiary/aromatic N) is 2. The molecule has 1 saturated heterocycles. The van der Waals surface area contributed by atoms with Crippen molar-refractivity contribution in [2.24, 2.45) is 0 Å². The van der Waals surface area contributed by atoms with Crippen LogP contribution in [0, 0.1) is 0 Å². The zero-order valence-corrected chi connectivity index (χ0v) is 15.5. The molecule has 2 amide bonds. The Labute approximate surface area is 144 Å². The van der Waals surface area contributed by atoms with Gasteiger partial charge < -0.3 is 10.2 Å². The summed E-state index contributed by atoms with van der Waals surface area (Å²) in [5, 5.41) is 2.83. The maximum Gasteiger partial charge on any atom is 0.317 e. The van der Waals surface area contributed by atoms with Crippen LogP contribution in [0.2, 0.25) is 0 Å². The molecule has 0 bridgehead atoms. The number of benzene rings is 1. The molecule has 1 aromatic carbocycles. The smallest absolute Gasteiger partial charge is 0.317 e. The van der Waals surface area contributed by atoms with Crippen LogP contribution in [0.25, 0.3) is 0 Å². The van der Waals surface area contributed by atoms with E-state index in [0.717, 1.165) is 18.4 Å². The van der Waals surface area contributed by atoms with Crippen LogP contribution < -0.4 is 5.32 Å². The highest BCUT2D eigenvalue weighted by Crippen LogP contribution is 2.19. The lowest BCUT2D eigenvalue weighted by Gasteiger charge is -2.34. The fraction of sp³-hybridized carbons (Fsp3) is 0.588. The highest BCUT2D eigenvalue weighted by molar-refractivity contribution is 7.89. The summed E-state index contributed by atoms with van der Waals surface area (Å²) in [5.74, 6) is 0. The second kappa shape index (κ2) is 7.98. The highest BCUT2D eigenvalue weighted by atomic mass is 32.2. The first-order chi connectivity index (χ1) is 11.3. The Kier molecular flexibility index (Phi) is 6.23. The average molecular weight is 353 g/mol. The molecule has 24 heavy (non-hydrogen) atoms.